The van der Waals surface area contributed by atoms with Crippen LogP contribution in [-0.2, 0) is 16.0 Å². The van der Waals surface area contributed by atoms with E-state index in [1.165, 1.54) is 10.6 Å². The predicted molar refractivity (Wildman–Crippen MR) is 162 cm³/mol. The van der Waals surface area contributed by atoms with E-state index in [2.05, 4.69) is 34.4 Å². The predicted octanol–water partition coefficient (Wildman–Crippen LogP) is 4.91. The number of carboxylic acids is 1. The van der Waals surface area contributed by atoms with E-state index in [-0.39, 0.29) is 48.7 Å². The number of nitrogens with zero attached hydrogens (tertiary/aromatic N) is 2. The zero-order valence-electron chi connectivity index (χ0n) is 24.6. The molecule has 1 fully saturated rings. The summed E-state index contributed by atoms with van der Waals surface area (Å²) in [6.07, 6.45) is -2.72. The highest BCUT2D eigenvalue weighted by Crippen LogP contribution is 2.32. The van der Waals surface area contributed by atoms with Crippen LogP contribution in [0.5, 0.6) is 5.75 Å². The average molecular weight is 615 g/mol. The highest BCUT2D eigenvalue weighted by atomic mass is 19.4. The first-order valence-corrected chi connectivity index (χ1v) is 14.7. The monoisotopic (exact) mass is 614 g/mol. The van der Waals surface area contributed by atoms with Gasteiger partial charge in [0.25, 0.3) is 0 Å². The molecule has 0 spiro atoms. The molecule has 44 heavy (non-hydrogen) atoms. The quantitative estimate of drug-likeness (QED) is 0.351. The summed E-state index contributed by atoms with van der Waals surface area (Å²) in [5.41, 5.74) is 2.05. The number of aromatic nitrogens is 1. The third kappa shape index (κ3) is 8.16. The second-order valence-electron chi connectivity index (χ2n) is 11.1. The standard InChI is InChI=1S/C32H37F3N4O5/c1-38-12-9-27-22(20-38)10-13-42-14-15-43-16-17-44-30-18-23(7-8-25(30)31(40)41)36-11-3-4-24-19-26-28(37-27)5-2-6-29(26)39(24)21-32(33,34)35/h2,5-8,18-19,22,27,36-37H,9-17,20-21H2,1H3,(H,40,41). The molecule has 9 nitrogen and oxygen atoms in total. The molecule has 4 bridgehead atoms. The molecule has 3 aromatic rings. The Hall–Kier alpha value is -3.92. The van der Waals surface area contributed by atoms with Gasteiger partial charge in [-0.2, -0.15) is 13.2 Å². The Morgan fingerprint density at radius 2 is 1.86 bits per heavy atom. The van der Waals surface area contributed by atoms with Gasteiger partial charge in [-0.15, -0.1) is 0 Å². The van der Waals surface area contributed by atoms with Crippen molar-refractivity contribution in [1.82, 2.24) is 9.47 Å². The number of alkyl halides is 3. The number of hydrogen-bond acceptors (Lipinski definition) is 7. The van der Waals surface area contributed by atoms with Gasteiger partial charge < -0.3 is 39.4 Å². The molecule has 2 aliphatic heterocycles. The van der Waals surface area contributed by atoms with Crippen molar-refractivity contribution in [3.8, 4) is 17.6 Å². The lowest BCUT2D eigenvalue weighted by molar-refractivity contribution is -0.140. The van der Waals surface area contributed by atoms with Gasteiger partial charge >= 0.3 is 12.1 Å². The number of likely N-dealkylation sites (tertiary alicyclic amines) is 1. The van der Waals surface area contributed by atoms with Crippen LogP contribution >= 0.6 is 0 Å². The number of carbonyl (C=O) groups is 1. The van der Waals surface area contributed by atoms with Gasteiger partial charge in [-0.3, -0.25) is 0 Å². The minimum Gasteiger partial charge on any atom is -0.490 e. The Labute approximate surface area is 254 Å². The fraction of sp³-hybridized carbons (Fsp3) is 0.469. The average Bonchev–Trinajstić information content (AvgIpc) is 3.31. The molecule has 2 atom stereocenters. The molecular weight excluding hydrogens is 577 g/mol. The zero-order valence-corrected chi connectivity index (χ0v) is 24.6. The Morgan fingerprint density at radius 1 is 1.07 bits per heavy atom. The molecule has 236 valence electrons. The molecule has 0 amide bonds. The molecule has 0 saturated carbocycles. The van der Waals surface area contributed by atoms with Gasteiger partial charge in [-0.25, -0.2) is 4.79 Å². The molecule has 1 aromatic heterocycles. The van der Waals surface area contributed by atoms with Gasteiger partial charge in [-0.1, -0.05) is 12.0 Å². The first-order valence-electron chi connectivity index (χ1n) is 14.7. The molecule has 0 radical (unpaired) electrons. The summed E-state index contributed by atoms with van der Waals surface area (Å²) in [6, 6.07) is 11.8. The molecule has 1 saturated heterocycles. The Kier molecular flexibility index (Phi) is 10.2. The summed E-state index contributed by atoms with van der Waals surface area (Å²) in [4.78, 5) is 14.0. The van der Waals surface area contributed by atoms with E-state index in [0.717, 1.165) is 31.6 Å². The normalized spacial score (nSPS) is 20.8. The van der Waals surface area contributed by atoms with Gasteiger partial charge in [0.1, 0.15) is 24.5 Å². The lowest BCUT2D eigenvalue weighted by Gasteiger charge is -2.38. The molecule has 2 unspecified atom stereocenters. The molecule has 2 aliphatic rings. The zero-order chi connectivity index (χ0) is 31.1. The topological polar surface area (TPSA) is 97.2 Å². The summed E-state index contributed by atoms with van der Waals surface area (Å²) >= 11 is 0. The number of rotatable bonds is 2. The lowest BCUT2D eigenvalue weighted by Crippen LogP contribution is -2.45. The molecule has 3 N–H and O–H groups in total. The van der Waals surface area contributed by atoms with Crippen LogP contribution in [0.25, 0.3) is 10.9 Å². The molecule has 12 heteroatoms. The molecule has 5 rings (SSSR count). The number of piperidine rings is 1. The first kappa shape index (κ1) is 31.5. The number of carboxylic acid groups (broad SMARTS) is 1. The fourth-order valence-corrected chi connectivity index (χ4v) is 5.74. The smallest absolute Gasteiger partial charge is 0.406 e. The third-order valence-electron chi connectivity index (χ3n) is 7.86. The number of anilines is 2. The maximum absolute atomic E-state index is 13.7. The summed E-state index contributed by atoms with van der Waals surface area (Å²) in [5, 5.41) is 17.0. The van der Waals surface area contributed by atoms with Gasteiger partial charge in [0, 0.05) is 42.0 Å². The second-order valence-corrected chi connectivity index (χ2v) is 11.1. The number of hydrogen-bond donors (Lipinski definition) is 3. The van der Waals surface area contributed by atoms with Crippen LogP contribution in [0.15, 0.2) is 42.5 Å². The van der Waals surface area contributed by atoms with Crippen LogP contribution < -0.4 is 15.4 Å². The van der Waals surface area contributed by atoms with Crippen LogP contribution in [-0.4, -0.2) is 92.5 Å². The number of aromatic carboxylic acids is 1. The number of nitrogens with one attached hydrogen (secondary N) is 2. The Bertz CT molecular complexity index is 1510. The van der Waals surface area contributed by atoms with Gasteiger partial charge in [0.05, 0.1) is 37.6 Å². The van der Waals surface area contributed by atoms with E-state index in [9.17, 15) is 23.1 Å². The van der Waals surface area contributed by atoms with Gasteiger partial charge in [-0.05, 0) is 68.6 Å². The summed E-state index contributed by atoms with van der Waals surface area (Å²) in [5.74, 6) is 5.17. The molecule has 2 aromatic carbocycles. The van der Waals surface area contributed by atoms with Crippen molar-refractivity contribution in [2.45, 2.75) is 31.6 Å². The first-order chi connectivity index (χ1) is 21.2. The van der Waals surface area contributed by atoms with E-state index < -0.39 is 18.7 Å². The van der Waals surface area contributed by atoms with Crippen molar-refractivity contribution in [2.24, 2.45) is 5.92 Å². The van der Waals surface area contributed by atoms with E-state index in [1.54, 1.807) is 30.3 Å². The minimum atomic E-state index is -4.43. The number of halogens is 3. The van der Waals surface area contributed by atoms with Gasteiger partial charge in [0.2, 0.25) is 0 Å². The highest BCUT2D eigenvalue weighted by Gasteiger charge is 2.31. The maximum Gasteiger partial charge on any atom is 0.406 e. The number of benzene rings is 2. The van der Waals surface area contributed by atoms with Crippen LogP contribution in [0.2, 0.25) is 0 Å². The fourth-order valence-electron chi connectivity index (χ4n) is 5.74. The molecular formula is C32H37F3N4O5. The largest absolute Gasteiger partial charge is 0.490 e. The van der Waals surface area contributed by atoms with E-state index in [0.29, 0.717) is 36.4 Å². The van der Waals surface area contributed by atoms with Crippen molar-refractivity contribution < 1.29 is 37.3 Å². The summed E-state index contributed by atoms with van der Waals surface area (Å²) in [6.45, 7) is 2.49. The lowest BCUT2D eigenvalue weighted by atomic mass is 9.89. The number of fused-ring (bicyclic) bond motifs is 4. The van der Waals surface area contributed by atoms with E-state index in [1.807, 2.05) is 6.07 Å². The Balaban J connectivity index is 1.46. The van der Waals surface area contributed by atoms with Crippen molar-refractivity contribution in [3.63, 3.8) is 0 Å². The summed E-state index contributed by atoms with van der Waals surface area (Å²) in [7, 11) is 2.09. The van der Waals surface area contributed by atoms with E-state index in [4.69, 9.17) is 14.2 Å². The SMILES string of the molecule is CN1CCC2Nc3cccc4c3cc(n4CC(F)(F)F)C#CCNc3ccc(C(=O)O)c(c3)OCCOCCOCCC2C1. The molecule has 0 aliphatic carbocycles. The Morgan fingerprint density at radius 3 is 2.66 bits per heavy atom. The number of ether oxygens (including phenoxy) is 3. The van der Waals surface area contributed by atoms with Crippen LogP contribution in [0.1, 0.15) is 28.9 Å². The maximum atomic E-state index is 13.7. The van der Waals surface area contributed by atoms with Crippen LogP contribution in [0.4, 0.5) is 24.5 Å². The van der Waals surface area contributed by atoms with Crippen LogP contribution in [0.3, 0.4) is 0 Å². The van der Waals surface area contributed by atoms with E-state index >= 15 is 0 Å². The van der Waals surface area contributed by atoms with Gasteiger partial charge in [0.15, 0.2) is 0 Å². The molecule has 3 heterocycles. The van der Waals surface area contributed by atoms with Crippen molar-refractivity contribution >= 4 is 28.2 Å². The van der Waals surface area contributed by atoms with Crippen molar-refractivity contribution in [1.29, 1.82) is 0 Å². The van der Waals surface area contributed by atoms with Crippen molar-refractivity contribution in [3.05, 3.63) is 53.7 Å². The van der Waals surface area contributed by atoms with Crippen molar-refractivity contribution in [2.75, 3.05) is 70.3 Å². The minimum absolute atomic E-state index is 0.00299. The summed E-state index contributed by atoms with van der Waals surface area (Å²) < 4.78 is 59.4. The highest BCUT2D eigenvalue weighted by molar-refractivity contribution is 5.94. The third-order valence-corrected chi connectivity index (χ3v) is 7.86. The second kappa shape index (κ2) is 14.2. The van der Waals surface area contributed by atoms with Crippen LogP contribution in [0, 0.1) is 17.8 Å².